The normalized spacial score (nSPS) is 11.8. The summed E-state index contributed by atoms with van der Waals surface area (Å²) in [6, 6.07) is 21.8. The topological polar surface area (TPSA) is 52.7 Å². The molecular weight excluding hydrogens is 453 g/mol. The molecule has 0 fully saturated rings. The lowest BCUT2D eigenvalue weighted by Gasteiger charge is -2.29. The zero-order valence-electron chi connectivity index (χ0n) is 21.8. The first-order chi connectivity index (χ1) is 17.2. The molecule has 0 saturated heterocycles. The van der Waals surface area contributed by atoms with Crippen molar-refractivity contribution in [3.05, 3.63) is 95.3 Å². The van der Waals surface area contributed by atoms with Gasteiger partial charge in [-0.3, -0.25) is 9.59 Å². The first-order valence-electron chi connectivity index (χ1n) is 12.4. The van der Waals surface area contributed by atoms with E-state index in [1.807, 2.05) is 93.2 Å². The number of hydrogen-bond acceptors (Lipinski definition) is 3. The molecule has 3 aromatic carbocycles. The van der Waals surface area contributed by atoms with Crippen LogP contribution in [0.4, 0.5) is 15.8 Å². The number of nitrogens with zero attached hydrogens (tertiary/aromatic N) is 2. The molecule has 0 spiro atoms. The first kappa shape index (κ1) is 26.9. The van der Waals surface area contributed by atoms with Crippen LogP contribution in [0.2, 0.25) is 0 Å². The Hall–Kier alpha value is -3.67. The van der Waals surface area contributed by atoms with E-state index in [2.05, 4.69) is 5.32 Å². The fraction of sp³-hybridized carbons (Fsp3) is 0.333. The number of nitrogens with one attached hydrogen (secondary N) is 1. The highest BCUT2D eigenvalue weighted by atomic mass is 19.1. The molecule has 5 nitrogen and oxygen atoms in total. The minimum atomic E-state index is -0.309. The SMILES string of the molecule is CC[C@@H](C(=O)N(Cc1ccc(F)cc1)Cc1cc(NC(=O)C(C)C)ccc1N(C)C)c1ccccc1. The fourth-order valence-corrected chi connectivity index (χ4v) is 4.20. The molecule has 1 atom stereocenters. The number of carbonyl (C=O) groups excluding carboxylic acids is 2. The number of amides is 2. The molecule has 0 aromatic heterocycles. The van der Waals surface area contributed by atoms with Crippen LogP contribution in [0.25, 0.3) is 0 Å². The zero-order valence-corrected chi connectivity index (χ0v) is 21.8. The summed E-state index contributed by atoms with van der Waals surface area (Å²) in [6.45, 7) is 6.40. The van der Waals surface area contributed by atoms with Crippen LogP contribution in [0.1, 0.15) is 49.8 Å². The van der Waals surface area contributed by atoms with Crippen molar-refractivity contribution in [3.8, 4) is 0 Å². The smallest absolute Gasteiger partial charge is 0.230 e. The van der Waals surface area contributed by atoms with E-state index in [1.165, 1.54) is 12.1 Å². The number of benzene rings is 3. The molecule has 0 aliphatic rings. The van der Waals surface area contributed by atoms with Gasteiger partial charge in [0.25, 0.3) is 0 Å². The Bertz CT molecular complexity index is 1160. The Balaban J connectivity index is 2.00. The largest absolute Gasteiger partial charge is 0.377 e. The highest BCUT2D eigenvalue weighted by Gasteiger charge is 2.26. The van der Waals surface area contributed by atoms with E-state index in [9.17, 15) is 14.0 Å². The summed E-state index contributed by atoms with van der Waals surface area (Å²) >= 11 is 0. The summed E-state index contributed by atoms with van der Waals surface area (Å²) in [4.78, 5) is 30.1. The van der Waals surface area contributed by atoms with Gasteiger partial charge in [-0.25, -0.2) is 4.39 Å². The molecule has 0 aliphatic heterocycles. The minimum absolute atomic E-state index is 0.00866. The van der Waals surface area contributed by atoms with Crippen LogP contribution in [-0.2, 0) is 22.7 Å². The Labute approximate surface area is 213 Å². The van der Waals surface area contributed by atoms with Gasteiger partial charge in [0, 0.05) is 44.5 Å². The molecule has 6 heteroatoms. The average Bonchev–Trinajstić information content (AvgIpc) is 2.86. The van der Waals surface area contributed by atoms with Gasteiger partial charge in [0.1, 0.15) is 5.82 Å². The summed E-state index contributed by atoms with van der Waals surface area (Å²) in [5.74, 6) is -0.800. The molecule has 3 rings (SSSR count). The molecule has 0 aliphatic carbocycles. The molecule has 2 amide bonds. The number of anilines is 2. The van der Waals surface area contributed by atoms with Crippen molar-refractivity contribution in [2.45, 2.75) is 46.2 Å². The molecule has 3 aromatic rings. The molecule has 0 bridgehead atoms. The number of carbonyl (C=O) groups is 2. The van der Waals surface area contributed by atoms with Crippen molar-refractivity contribution in [3.63, 3.8) is 0 Å². The maximum atomic E-state index is 14.0. The van der Waals surface area contributed by atoms with Crippen LogP contribution < -0.4 is 10.2 Å². The highest BCUT2D eigenvalue weighted by molar-refractivity contribution is 5.92. The lowest BCUT2D eigenvalue weighted by atomic mass is 9.94. The third-order valence-corrected chi connectivity index (χ3v) is 6.22. The minimum Gasteiger partial charge on any atom is -0.377 e. The van der Waals surface area contributed by atoms with Gasteiger partial charge in [0.2, 0.25) is 11.8 Å². The van der Waals surface area contributed by atoms with Crippen LogP contribution in [-0.4, -0.2) is 30.8 Å². The van der Waals surface area contributed by atoms with E-state index in [-0.39, 0.29) is 29.5 Å². The molecule has 36 heavy (non-hydrogen) atoms. The maximum Gasteiger partial charge on any atom is 0.230 e. The monoisotopic (exact) mass is 489 g/mol. The maximum absolute atomic E-state index is 14.0. The fourth-order valence-electron chi connectivity index (χ4n) is 4.20. The Morgan fingerprint density at radius 1 is 0.917 bits per heavy atom. The second-order valence-electron chi connectivity index (χ2n) is 9.57. The van der Waals surface area contributed by atoms with E-state index in [4.69, 9.17) is 0 Å². The Morgan fingerprint density at radius 3 is 2.17 bits per heavy atom. The number of hydrogen-bond donors (Lipinski definition) is 1. The van der Waals surface area contributed by atoms with E-state index < -0.39 is 0 Å². The van der Waals surface area contributed by atoms with E-state index in [0.717, 1.165) is 22.4 Å². The second kappa shape index (κ2) is 12.3. The second-order valence-corrected chi connectivity index (χ2v) is 9.57. The zero-order chi connectivity index (χ0) is 26.2. The van der Waals surface area contributed by atoms with Gasteiger partial charge in [0.15, 0.2) is 0 Å². The van der Waals surface area contributed by atoms with Gasteiger partial charge in [-0.1, -0.05) is 63.2 Å². The van der Waals surface area contributed by atoms with E-state index >= 15 is 0 Å². The molecule has 0 radical (unpaired) electrons. The molecular formula is C30H36FN3O2. The Morgan fingerprint density at radius 2 is 1.58 bits per heavy atom. The third kappa shape index (κ3) is 6.94. The number of halogens is 1. The van der Waals surface area contributed by atoms with Gasteiger partial charge in [-0.2, -0.15) is 0 Å². The van der Waals surface area contributed by atoms with Crippen molar-refractivity contribution in [2.24, 2.45) is 5.92 Å². The predicted molar refractivity (Wildman–Crippen MR) is 144 cm³/mol. The van der Waals surface area contributed by atoms with Crippen LogP contribution in [0.5, 0.6) is 0 Å². The highest BCUT2D eigenvalue weighted by Crippen LogP contribution is 2.29. The quantitative estimate of drug-likeness (QED) is 0.368. The summed E-state index contributed by atoms with van der Waals surface area (Å²) in [5, 5.41) is 2.96. The van der Waals surface area contributed by atoms with Crippen LogP contribution in [0.3, 0.4) is 0 Å². The lowest BCUT2D eigenvalue weighted by molar-refractivity contribution is -0.134. The number of rotatable bonds is 10. The van der Waals surface area contributed by atoms with Crippen molar-refractivity contribution in [1.82, 2.24) is 4.90 Å². The molecule has 0 heterocycles. The molecule has 0 unspecified atom stereocenters. The standard InChI is InChI=1S/C30H36FN3O2/c1-6-27(23-10-8-7-9-11-23)30(36)34(19-22-12-14-25(31)15-13-22)20-24-18-26(32-29(35)21(2)3)16-17-28(24)33(4)5/h7-18,21,27H,6,19-20H2,1-5H3,(H,32,35)/t27-/m1/s1. The van der Waals surface area contributed by atoms with Crippen molar-refractivity contribution < 1.29 is 14.0 Å². The van der Waals surface area contributed by atoms with Gasteiger partial charge < -0.3 is 15.1 Å². The Kier molecular flexibility index (Phi) is 9.23. The molecule has 0 saturated carbocycles. The summed E-state index contributed by atoms with van der Waals surface area (Å²) in [6.07, 6.45) is 0.661. The van der Waals surface area contributed by atoms with Crippen molar-refractivity contribution in [2.75, 3.05) is 24.3 Å². The predicted octanol–water partition coefficient (Wildman–Crippen LogP) is 6.21. The van der Waals surface area contributed by atoms with Crippen molar-refractivity contribution in [1.29, 1.82) is 0 Å². The molecule has 1 N–H and O–H groups in total. The first-order valence-corrected chi connectivity index (χ1v) is 12.4. The van der Waals surface area contributed by atoms with Gasteiger partial charge >= 0.3 is 0 Å². The van der Waals surface area contributed by atoms with Crippen LogP contribution >= 0.6 is 0 Å². The third-order valence-electron chi connectivity index (χ3n) is 6.22. The summed E-state index contributed by atoms with van der Waals surface area (Å²) in [7, 11) is 3.91. The van der Waals surface area contributed by atoms with Gasteiger partial charge in [-0.05, 0) is 53.4 Å². The van der Waals surface area contributed by atoms with Crippen molar-refractivity contribution >= 4 is 23.2 Å². The summed E-state index contributed by atoms with van der Waals surface area (Å²) < 4.78 is 13.6. The van der Waals surface area contributed by atoms with E-state index in [0.29, 0.717) is 25.2 Å². The van der Waals surface area contributed by atoms with E-state index in [1.54, 1.807) is 12.1 Å². The van der Waals surface area contributed by atoms with Gasteiger partial charge in [-0.15, -0.1) is 0 Å². The van der Waals surface area contributed by atoms with Gasteiger partial charge in [0.05, 0.1) is 5.92 Å². The van der Waals surface area contributed by atoms with Crippen LogP contribution in [0, 0.1) is 11.7 Å². The summed E-state index contributed by atoms with van der Waals surface area (Å²) in [5.41, 5.74) is 4.39. The average molecular weight is 490 g/mol. The van der Waals surface area contributed by atoms with Crippen LogP contribution in [0.15, 0.2) is 72.8 Å². The lowest BCUT2D eigenvalue weighted by Crippen LogP contribution is -2.34. The molecule has 190 valence electrons.